The first-order valence-corrected chi connectivity index (χ1v) is 7.79. The van der Waals surface area contributed by atoms with E-state index in [1.165, 1.54) is 13.1 Å². The highest BCUT2D eigenvalue weighted by molar-refractivity contribution is 5.95. The molecule has 9 heteroatoms. The maximum atomic E-state index is 12.2. The van der Waals surface area contributed by atoms with E-state index in [2.05, 4.69) is 20.6 Å². The number of amides is 2. The van der Waals surface area contributed by atoms with Gasteiger partial charge < -0.3 is 25.5 Å². The molecular weight excluding hydrogens is 340 g/mol. The van der Waals surface area contributed by atoms with Gasteiger partial charge in [0.15, 0.2) is 5.82 Å². The normalized spacial score (nSPS) is 12.7. The van der Waals surface area contributed by atoms with Crippen LogP contribution in [0.3, 0.4) is 0 Å². The summed E-state index contributed by atoms with van der Waals surface area (Å²) in [5.41, 5.74) is 1.50. The number of carboxylic acids is 1. The molecule has 1 aromatic carbocycles. The van der Waals surface area contributed by atoms with Gasteiger partial charge in [0, 0.05) is 0 Å². The number of aromatic nitrogens is 2. The first-order chi connectivity index (χ1) is 12.4. The average molecular weight is 358 g/mol. The number of carboxylic acid groups (broad SMARTS) is 1. The molecule has 0 fully saturated rings. The molecule has 1 heterocycles. The zero-order valence-corrected chi connectivity index (χ0v) is 13.9. The SMILES string of the molecule is CC(NC(=O)c1ncc(-c2ccccc2)[nH]1)C(=O)N[C@H](C=O)CC(=O)O. The zero-order chi connectivity index (χ0) is 19.1. The third-order valence-electron chi connectivity index (χ3n) is 3.50. The molecule has 0 aliphatic heterocycles. The molecule has 2 amide bonds. The Hall–Kier alpha value is -3.49. The molecule has 0 aliphatic rings. The number of nitrogens with zero attached hydrogens (tertiary/aromatic N) is 1. The molecular formula is C17H18N4O5. The van der Waals surface area contributed by atoms with E-state index in [1.807, 2.05) is 30.3 Å². The molecule has 1 aromatic heterocycles. The van der Waals surface area contributed by atoms with Crippen molar-refractivity contribution in [2.75, 3.05) is 0 Å². The summed E-state index contributed by atoms with van der Waals surface area (Å²) >= 11 is 0. The predicted octanol–water partition coefficient (Wildman–Crippen LogP) is 0.353. The molecule has 26 heavy (non-hydrogen) atoms. The number of rotatable bonds is 8. The van der Waals surface area contributed by atoms with Crippen LogP contribution in [0.2, 0.25) is 0 Å². The lowest BCUT2D eigenvalue weighted by Gasteiger charge is -2.16. The van der Waals surface area contributed by atoms with Crippen molar-refractivity contribution in [2.24, 2.45) is 0 Å². The van der Waals surface area contributed by atoms with Crippen molar-refractivity contribution >= 4 is 24.1 Å². The number of nitrogens with one attached hydrogen (secondary N) is 3. The van der Waals surface area contributed by atoms with Crippen molar-refractivity contribution < 1.29 is 24.3 Å². The first kappa shape index (κ1) is 18.8. The van der Waals surface area contributed by atoms with Crippen molar-refractivity contribution in [3.63, 3.8) is 0 Å². The van der Waals surface area contributed by atoms with Crippen LogP contribution in [0, 0.1) is 0 Å². The summed E-state index contributed by atoms with van der Waals surface area (Å²) in [6.07, 6.45) is 1.30. The van der Waals surface area contributed by atoms with Crippen LogP contribution >= 0.6 is 0 Å². The number of aromatic amines is 1. The largest absolute Gasteiger partial charge is 0.481 e. The Labute approximate surface area is 148 Å². The van der Waals surface area contributed by atoms with Gasteiger partial charge in [-0.1, -0.05) is 30.3 Å². The van der Waals surface area contributed by atoms with Gasteiger partial charge in [0.25, 0.3) is 5.91 Å². The second-order valence-electron chi connectivity index (χ2n) is 5.56. The van der Waals surface area contributed by atoms with Crippen LogP contribution < -0.4 is 10.6 Å². The van der Waals surface area contributed by atoms with Gasteiger partial charge in [-0.05, 0) is 12.5 Å². The molecule has 136 valence electrons. The lowest BCUT2D eigenvalue weighted by Crippen LogP contribution is -2.49. The van der Waals surface area contributed by atoms with E-state index in [4.69, 9.17) is 5.11 Å². The van der Waals surface area contributed by atoms with Crippen molar-refractivity contribution in [2.45, 2.75) is 25.4 Å². The van der Waals surface area contributed by atoms with Crippen LogP contribution in [0.15, 0.2) is 36.5 Å². The van der Waals surface area contributed by atoms with Crippen molar-refractivity contribution in [1.29, 1.82) is 0 Å². The number of aldehydes is 1. The Morgan fingerprint density at radius 3 is 2.54 bits per heavy atom. The maximum Gasteiger partial charge on any atom is 0.305 e. The highest BCUT2D eigenvalue weighted by Gasteiger charge is 2.22. The standard InChI is InChI=1S/C17H18N4O5/c1-10(16(25)20-12(9-22)7-14(23)24)19-17(26)15-18-8-13(21-15)11-5-3-2-4-6-11/h2-6,8-10,12H,7H2,1H3,(H,18,21)(H,19,26)(H,20,25)(H,23,24)/t10?,12-/m0/s1. The summed E-state index contributed by atoms with van der Waals surface area (Å²) < 4.78 is 0. The smallest absolute Gasteiger partial charge is 0.305 e. The molecule has 2 rings (SSSR count). The zero-order valence-electron chi connectivity index (χ0n) is 13.9. The lowest BCUT2D eigenvalue weighted by molar-refractivity contribution is -0.138. The maximum absolute atomic E-state index is 12.2. The summed E-state index contributed by atoms with van der Waals surface area (Å²) in [6.45, 7) is 1.41. The summed E-state index contributed by atoms with van der Waals surface area (Å²) in [7, 11) is 0. The summed E-state index contributed by atoms with van der Waals surface area (Å²) in [5.74, 6) is -2.47. The summed E-state index contributed by atoms with van der Waals surface area (Å²) in [6, 6.07) is 7.13. The van der Waals surface area contributed by atoms with E-state index < -0.39 is 36.3 Å². The Morgan fingerprint density at radius 2 is 1.92 bits per heavy atom. The van der Waals surface area contributed by atoms with E-state index in [-0.39, 0.29) is 5.82 Å². The fourth-order valence-corrected chi connectivity index (χ4v) is 2.16. The van der Waals surface area contributed by atoms with Gasteiger partial charge in [-0.2, -0.15) is 0 Å². The number of benzene rings is 1. The van der Waals surface area contributed by atoms with E-state index in [1.54, 1.807) is 0 Å². The highest BCUT2D eigenvalue weighted by atomic mass is 16.4. The Kier molecular flexibility index (Phi) is 6.20. The highest BCUT2D eigenvalue weighted by Crippen LogP contribution is 2.15. The minimum absolute atomic E-state index is 0.0287. The molecule has 0 spiro atoms. The van der Waals surface area contributed by atoms with Gasteiger partial charge in [-0.3, -0.25) is 14.4 Å². The van der Waals surface area contributed by atoms with E-state index in [0.29, 0.717) is 12.0 Å². The van der Waals surface area contributed by atoms with E-state index >= 15 is 0 Å². The number of H-pyrrole nitrogens is 1. The molecule has 0 saturated heterocycles. The van der Waals surface area contributed by atoms with Crippen molar-refractivity contribution in [3.05, 3.63) is 42.4 Å². The van der Waals surface area contributed by atoms with Crippen LogP contribution in [-0.4, -0.2) is 51.2 Å². The molecule has 2 aromatic rings. The summed E-state index contributed by atoms with van der Waals surface area (Å²) in [4.78, 5) is 52.4. The summed E-state index contributed by atoms with van der Waals surface area (Å²) in [5, 5.41) is 13.4. The average Bonchev–Trinajstić information content (AvgIpc) is 3.11. The van der Waals surface area contributed by atoms with Gasteiger partial charge in [-0.15, -0.1) is 0 Å². The van der Waals surface area contributed by atoms with Crippen LogP contribution in [0.25, 0.3) is 11.3 Å². The van der Waals surface area contributed by atoms with Crippen LogP contribution in [0.5, 0.6) is 0 Å². The Bertz CT molecular complexity index is 802. The van der Waals surface area contributed by atoms with Gasteiger partial charge in [0.05, 0.1) is 24.4 Å². The molecule has 1 unspecified atom stereocenters. The fourth-order valence-electron chi connectivity index (χ4n) is 2.16. The van der Waals surface area contributed by atoms with Crippen LogP contribution in [0.1, 0.15) is 24.0 Å². The minimum atomic E-state index is -1.22. The van der Waals surface area contributed by atoms with Gasteiger partial charge in [-0.25, -0.2) is 4.98 Å². The van der Waals surface area contributed by atoms with E-state index in [0.717, 1.165) is 5.56 Å². The third-order valence-corrected chi connectivity index (χ3v) is 3.50. The topological polar surface area (TPSA) is 141 Å². The van der Waals surface area contributed by atoms with E-state index in [9.17, 15) is 19.2 Å². The van der Waals surface area contributed by atoms with Crippen LogP contribution in [-0.2, 0) is 14.4 Å². The minimum Gasteiger partial charge on any atom is -0.481 e. The third kappa shape index (κ3) is 5.00. The molecule has 2 atom stereocenters. The molecule has 4 N–H and O–H groups in total. The molecule has 0 bridgehead atoms. The van der Waals surface area contributed by atoms with Crippen molar-refractivity contribution in [3.8, 4) is 11.3 Å². The Balaban J connectivity index is 1.96. The second-order valence-corrected chi connectivity index (χ2v) is 5.56. The van der Waals surface area contributed by atoms with Gasteiger partial charge in [0.1, 0.15) is 12.3 Å². The van der Waals surface area contributed by atoms with Crippen LogP contribution in [0.4, 0.5) is 0 Å². The Morgan fingerprint density at radius 1 is 1.23 bits per heavy atom. The number of carbonyl (C=O) groups is 4. The second kappa shape index (κ2) is 8.56. The number of aliphatic carboxylic acids is 1. The fraction of sp³-hybridized carbons (Fsp3) is 0.235. The molecule has 0 radical (unpaired) electrons. The first-order valence-electron chi connectivity index (χ1n) is 7.79. The van der Waals surface area contributed by atoms with Crippen molar-refractivity contribution in [1.82, 2.24) is 20.6 Å². The molecule has 9 nitrogen and oxygen atoms in total. The predicted molar refractivity (Wildman–Crippen MR) is 91.2 cm³/mol. The number of imidazole rings is 1. The monoisotopic (exact) mass is 358 g/mol. The molecule has 0 saturated carbocycles. The number of hydrogen-bond acceptors (Lipinski definition) is 5. The number of carbonyl (C=O) groups excluding carboxylic acids is 3. The van der Waals surface area contributed by atoms with Gasteiger partial charge in [0.2, 0.25) is 5.91 Å². The molecule has 0 aliphatic carbocycles. The quantitative estimate of drug-likeness (QED) is 0.502. The van der Waals surface area contributed by atoms with Gasteiger partial charge >= 0.3 is 5.97 Å². The number of hydrogen-bond donors (Lipinski definition) is 4. The lowest BCUT2D eigenvalue weighted by atomic mass is 10.2.